The van der Waals surface area contributed by atoms with Crippen LogP contribution in [-0.2, 0) is 14.3 Å². The van der Waals surface area contributed by atoms with Crippen molar-refractivity contribution in [1.29, 1.82) is 0 Å². The van der Waals surface area contributed by atoms with Gasteiger partial charge in [0.15, 0.2) is 0 Å². The molecular formula is C16H30N4O3. The van der Waals surface area contributed by atoms with E-state index in [1.54, 1.807) is 0 Å². The van der Waals surface area contributed by atoms with Gasteiger partial charge in [-0.15, -0.1) is 0 Å². The highest BCUT2D eigenvalue weighted by molar-refractivity contribution is 5.78. The lowest BCUT2D eigenvalue weighted by Crippen LogP contribution is -2.51. The largest absolute Gasteiger partial charge is 0.376 e. The molecule has 23 heavy (non-hydrogen) atoms. The van der Waals surface area contributed by atoms with Gasteiger partial charge in [0.1, 0.15) is 0 Å². The van der Waals surface area contributed by atoms with E-state index in [1.165, 1.54) is 0 Å². The van der Waals surface area contributed by atoms with Crippen molar-refractivity contribution in [3.05, 3.63) is 0 Å². The maximum absolute atomic E-state index is 12.0. The molecule has 2 aliphatic rings. The van der Waals surface area contributed by atoms with Gasteiger partial charge in [0.05, 0.1) is 19.2 Å². The zero-order chi connectivity index (χ0) is 16.5. The molecule has 2 amide bonds. The SMILES string of the molecule is CCCNC(=O)CN1CCN(CC(=O)NCC2CCCO2)CC1. The van der Waals surface area contributed by atoms with Crippen LogP contribution in [0.25, 0.3) is 0 Å². The minimum Gasteiger partial charge on any atom is -0.376 e. The Morgan fingerprint density at radius 3 is 2.17 bits per heavy atom. The van der Waals surface area contributed by atoms with Gasteiger partial charge in [-0.2, -0.15) is 0 Å². The van der Waals surface area contributed by atoms with Crippen LogP contribution in [0.5, 0.6) is 0 Å². The summed E-state index contributed by atoms with van der Waals surface area (Å²) in [6.07, 6.45) is 3.28. The van der Waals surface area contributed by atoms with E-state index in [4.69, 9.17) is 4.74 Å². The van der Waals surface area contributed by atoms with Crippen molar-refractivity contribution >= 4 is 11.8 Å². The number of carbonyl (C=O) groups is 2. The fourth-order valence-electron chi connectivity index (χ4n) is 2.92. The molecule has 7 nitrogen and oxygen atoms in total. The minimum absolute atomic E-state index is 0.0645. The summed E-state index contributed by atoms with van der Waals surface area (Å²) in [5.74, 6) is 0.157. The summed E-state index contributed by atoms with van der Waals surface area (Å²) in [5.41, 5.74) is 0. The average Bonchev–Trinajstić information content (AvgIpc) is 3.06. The van der Waals surface area contributed by atoms with Crippen molar-refractivity contribution in [1.82, 2.24) is 20.4 Å². The Morgan fingerprint density at radius 2 is 1.65 bits per heavy atom. The van der Waals surface area contributed by atoms with Gasteiger partial charge in [-0.1, -0.05) is 6.92 Å². The molecule has 0 aromatic rings. The van der Waals surface area contributed by atoms with Gasteiger partial charge in [0, 0.05) is 45.9 Å². The second kappa shape index (κ2) is 9.85. The molecule has 132 valence electrons. The molecule has 2 N–H and O–H groups in total. The average molecular weight is 326 g/mol. The Hall–Kier alpha value is -1.18. The number of nitrogens with zero attached hydrogens (tertiary/aromatic N) is 2. The van der Waals surface area contributed by atoms with E-state index in [2.05, 4.69) is 20.4 Å². The van der Waals surface area contributed by atoms with Crippen LogP contribution in [-0.4, -0.2) is 86.7 Å². The molecule has 0 spiro atoms. The number of amides is 2. The fourth-order valence-corrected chi connectivity index (χ4v) is 2.92. The number of rotatable bonds is 8. The highest BCUT2D eigenvalue weighted by Crippen LogP contribution is 2.10. The van der Waals surface area contributed by atoms with Gasteiger partial charge in [0.25, 0.3) is 0 Å². The molecule has 0 bridgehead atoms. The molecule has 0 aromatic carbocycles. The van der Waals surface area contributed by atoms with Crippen molar-refractivity contribution in [2.24, 2.45) is 0 Å². The standard InChI is InChI=1S/C16H30N4O3/c1-2-5-17-15(21)12-19-6-8-20(9-7-19)13-16(22)18-11-14-4-3-10-23-14/h14H,2-13H2,1H3,(H,17,21)(H,18,22). The molecule has 1 unspecified atom stereocenters. The molecule has 0 aliphatic carbocycles. The van der Waals surface area contributed by atoms with E-state index < -0.39 is 0 Å². The van der Waals surface area contributed by atoms with E-state index in [-0.39, 0.29) is 17.9 Å². The summed E-state index contributed by atoms with van der Waals surface area (Å²) in [7, 11) is 0. The molecule has 2 rings (SSSR count). The molecular weight excluding hydrogens is 296 g/mol. The molecule has 2 aliphatic heterocycles. The highest BCUT2D eigenvalue weighted by atomic mass is 16.5. The third kappa shape index (κ3) is 6.85. The van der Waals surface area contributed by atoms with Crippen LogP contribution >= 0.6 is 0 Å². The quantitative estimate of drug-likeness (QED) is 0.625. The maximum Gasteiger partial charge on any atom is 0.234 e. The Labute approximate surface area is 138 Å². The smallest absolute Gasteiger partial charge is 0.234 e. The molecule has 0 saturated carbocycles. The summed E-state index contributed by atoms with van der Waals surface area (Å²) >= 11 is 0. The van der Waals surface area contributed by atoms with E-state index >= 15 is 0 Å². The van der Waals surface area contributed by atoms with Crippen molar-refractivity contribution in [2.75, 3.05) is 59.0 Å². The van der Waals surface area contributed by atoms with Crippen LogP contribution in [0.15, 0.2) is 0 Å². The molecule has 2 heterocycles. The molecule has 1 atom stereocenters. The van der Waals surface area contributed by atoms with E-state index in [1.807, 2.05) is 6.92 Å². The molecule has 2 saturated heterocycles. The lowest BCUT2D eigenvalue weighted by molar-refractivity contribution is -0.125. The van der Waals surface area contributed by atoms with Gasteiger partial charge >= 0.3 is 0 Å². The molecule has 0 aromatic heterocycles. The number of ether oxygens (including phenoxy) is 1. The van der Waals surface area contributed by atoms with Crippen molar-refractivity contribution in [3.63, 3.8) is 0 Å². The van der Waals surface area contributed by atoms with Gasteiger partial charge in [-0.3, -0.25) is 19.4 Å². The highest BCUT2D eigenvalue weighted by Gasteiger charge is 2.21. The summed E-state index contributed by atoms with van der Waals surface area (Å²) in [5, 5.41) is 5.85. The van der Waals surface area contributed by atoms with Crippen LogP contribution < -0.4 is 10.6 Å². The third-order valence-corrected chi connectivity index (χ3v) is 4.32. The van der Waals surface area contributed by atoms with Crippen LogP contribution in [0.4, 0.5) is 0 Å². The second-order valence-electron chi connectivity index (χ2n) is 6.34. The summed E-state index contributed by atoms with van der Waals surface area (Å²) in [6.45, 7) is 8.43. The number of carbonyl (C=O) groups excluding carboxylic acids is 2. The summed E-state index contributed by atoms with van der Waals surface area (Å²) in [4.78, 5) is 27.9. The van der Waals surface area contributed by atoms with Crippen LogP contribution in [0.1, 0.15) is 26.2 Å². The van der Waals surface area contributed by atoms with Crippen LogP contribution in [0.3, 0.4) is 0 Å². The fraction of sp³-hybridized carbons (Fsp3) is 0.875. The minimum atomic E-state index is 0.0645. The topological polar surface area (TPSA) is 73.9 Å². The summed E-state index contributed by atoms with van der Waals surface area (Å²) in [6, 6.07) is 0. The number of hydrogen-bond acceptors (Lipinski definition) is 5. The Morgan fingerprint density at radius 1 is 1.04 bits per heavy atom. The second-order valence-corrected chi connectivity index (χ2v) is 6.34. The number of piperazine rings is 1. The molecule has 2 fully saturated rings. The first-order valence-corrected chi connectivity index (χ1v) is 8.77. The van der Waals surface area contributed by atoms with Crippen molar-refractivity contribution < 1.29 is 14.3 Å². The van der Waals surface area contributed by atoms with Crippen molar-refractivity contribution in [3.8, 4) is 0 Å². The Balaban J connectivity index is 1.56. The zero-order valence-electron chi connectivity index (χ0n) is 14.2. The predicted octanol–water partition coefficient (Wildman–Crippen LogP) is -0.575. The van der Waals surface area contributed by atoms with Crippen molar-refractivity contribution in [2.45, 2.75) is 32.3 Å². The van der Waals surface area contributed by atoms with E-state index in [0.717, 1.165) is 58.6 Å². The molecule has 7 heteroatoms. The summed E-state index contributed by atoms with van der Waals surface area (Å²) < 4.78 is 5.50. The third-order valence-electron chi connectivity index (χ3n) is 4.32. The lowest BCUT2D eigenvalue weighted by Gasteiger charge is -2.33. The number of nitrogens with one attached hydrogen (secondary N) is 2. The maximum atomic E-state index is 12.0. The van der Waals surface area contributed by atoms with E-state index in [9.17, 15) is 9.59 Å². The first-order valence-electron chi connectivity index (χ1n) is 8.77. The predicted molar refractivity (Wildman–Crippen MR) is 88.2 cm³/mol. The number of hydrogen-bond donors (Lipinski definition) is 2. The van der Waals surface area contributed by atoms with Gasteiger partial charge < -0.3 is 15.4 Å². The van der Waals surface area contributed by atoms with Crippen LogP contribution in [0, 0.1) is 0 Å². The normalized spacial score (nSPS) is 22.9. The van der Waals surface area contributed by atoms with E-state index in [0.29, 0.717) is 19.6 Å². The Bertz CT molecular complexity index is 378. The van der Waals surface area contributed by atoms with Gasteiger partial charge in [0.2, 0.25) is 11.8 Å². The zero-order valence-corrected chi connectivity index (χ0v) is 14.2. The van der Waals surface area contributed by atoms with Gasteiger partial charge in [-0.05, 0) is 19.3 Å². The van der Waals surface area contributed by atoms with Gasteiger partial charge in [-0.25, -0.2) is 0 Å². The lowest BCUT2D eigenvalue weighted by atomic mass is 10.2. The first-order chi connectivity index (χ1) is 11.2. The monoisotopic (exact) mass is 326 g/mol. The first kappa shape index (κ1) is 18.2. The Kier molecular flexibility index (Phi) is 7.78. The molecule has 0 radical (unpaired) electrons. The van der Waals surface area contributed by atoms with Crippen LogP contribution in [0.2, 0.25) is 0 Å².